The molecule has 0 aliphatic heterocycles. The molecule has 0 N–H and O–H groups in total. The van der Waals surface area contributed by atoms with Crippen molar-refractivity contribution in [2.45, 2.75) is 0 Å². The average Bonchev–Trinajstić information content (AvgIpc) is 3.03. The zero-order valence-corrected chi connectivity index (χ0v) is 21.9. The fourth-order valence-electron chi connectivity index (χ4n) is 6.97. The molecule has 0 heteroatoms. The van der Waals surface area contributed by atoms with Gasteiger partial charge in [-0.3, -0.25) is 0 Å². The third-order valence-electron chi connectivity index (χ3n) is 8.72. The molecule has 0 saturated heterocycles. The van der Waals surface area contributed by atoms with E-state index in [0.717, 1.165) is 0 Å². The van der Waals surface area contributed by atoms with Crippen LogP contribution in [0.25, 0.3) is 86.9 Å². The van der Waals surface area contributed by atoms with Gasteiger partial charge in [0, 0.05) is 0 Å². The van der Waals surface area contributed by atoms with Crippen molar-refractivity contribution in [3.8, 4) is 22.3 Å². The van der Waals surface area contributed by atoms with Gasteiger partial charge in [0.15, 0.2) is 0 Å². The maximum atomic E-state index is 2.42. The molecule has 0 bridgehead atoms. The van der Waals surface area contributed by atoms with Crippen LogP contribution in [0.2, 0.25) is 0 Å². The molecule has 0 heterocycles. The van der Waals surface area contributed by atoms with Crippen LogP contribution in [0.1, 0.15) is 0 Å². The molecule has 0 radical (unpaired) electrons. The highest BCUT2D eigenvalue weighted by Crippen LogP contribution is 2.44. The van der Waals surface area contributed by atoms with E-state index < -0.39 is 0 Å². The Morgan fingerprint density at radius 3 is 1.43 bits per heavy atom. The SMILES string of the molecule is c1ccc(-c2cc(-c3cc4ccc5cccc6ccc(c3)c4c56)cc3c4ccccc4c4ccccc4c23)cc1. The summed E-state index contributed by atoms with van der Waals surface area (Å²) in [6.07, 6.45) is 0. The van der Waals surface area contributed by atoms with Crippen LogP contribution >= 0.6 is 0 Å². The summed E-state index contributed by atoms with van der Waals surface area (Å²) in [4.78, 5) is 0. The summed E-state index contributed by atoms with van der Waals surface area (Å²) in [6, 6.07) is 53.9. The molecule has 0 aromatic heterocycles. The van der Waals surface area contributed by atoms with E-state index in [1.165, 1.54) is 86.9 Å². The smallest absolute Gasteiger partial charge is 0.00199 e. The predicted molar refractivity (Wildman–Crippen MR) is 174 cm³/mol. The van der Waals surface area contributed by atoms with Crippen LogP contribution in [0.3, 0.4) is 0 Å². The van der Waals surface area contributed by atoms with Crippen molar-refractivity contribution in [3.63, 3.8) is 0 Å². The Labute approximate surface area is 232 Å². The van der Waals surface area contributed by atoms with E-state index in [1.54, 1.807) is 0 Å². The highest BCUT2D eigenvalue weighted by atomic mass is 14.2. The molecule has 0 saturated carbocycles. The molecule has 0 aliphatic carbocycles. The van der Waals surface area contributed by atoms with Gasteiger partial charge in [-0.05, 0) is 111 Å². The van der Waals surface area contributed by atoms with Gasteiger partial charge in [0.1, 0.15) is 0 Å². The Morgan fingerprint density at radius 1 is 0.250 bits per heavy atom. The molecule has 0 unspecified atom stereocenters. The quantitative estimate of drug-likeness (QED) is 0.205. The van der Waals surface area contributed by atoms with Crippen molar-refractivity contribution in [1.29, 1.82) is 0 Å². The summed E-state index contributed by atoms with van der Waals surface area (Å²) in [5.74, 6) is 0. The second kappa shape index (κ2) is 8.15. The van der Waals surface area contributed by atoms with E-state index in [2.05, 4.69) is 146 Å². The third-order valence-corrected chi connectivity index (χ3v) is 8.72. The van der Waals surface area contributed by atoms with Crippen LogP contribution in [0, 0.1) is 0 Å². The van der Waals surface area contributed by atoms with Crippen molar-refractivity contribution in [2.75, 3.05) is 0 Å². The summed E-state index contributed by atoms with van der Waals surface area (Å²) in [5.41, 5.74) is 5.02. The van der Waals surface area contributed by atoms with E-state index in [1.807, 2.05) is 0 Å². The lowest BCUT2D eigenvalue weighted by Crippen LogP contribution is -1.90. The molecule has 0 spiro atoms. The van der Waals surface area contributed by atoms with Crippen LogP contribution in [0.5, 0.6) is 0 Å². The van der Waals surface area contributed by atoms with E-state index in [4.69, 9.17) is 0 Å². The van der Waals surface area contributed by atoms with Crippen LogP contribution in [0.15, 0.2) is 146 Å². The topological polar surface area (TPSA) is 0 Å². The van der Waals surface area contributed by atoms with Crippen LogP contribution in [-0.4, -0.2) is 0 Å². The Balaban J connectivity index is 1.43. The van der Waals surface area contributed by atoms with Gasteiger partial charge in [-0.2, -0.15) is 0 Å². The number of rotatable bonds is 2. The first-order valence-electron chi connectivity index (χ1n) is 13.9. The first-order valence-corrected chi connectivity index (χ1v) is 13.9. The van der Waals surface area contributed by atoms with Gasteiger partial charge in [0.2, 0.25) is 0 Å². The van der Waals surface area contributed by atoms with Crippen LogP contribution in [-0.2, 0) is 0 Å². The summed E-state index contributed by atoms with van der Waals surface area (Å²) in [6.45, 7) is 0. The van der Waals surface area contributed by atoms with Crippen LogP contribution < -0.4 is 0 Å². The Kier molecular flexibility index (Phi) is 4.42. The number of benzene rings is 9. The number of hydrogen-bond donors (Lipinski definition) is 0. The zero-order chi connectivity index (χ0) is 26.2. The van der Waals surface area contributed by atoms with Crippen molar-refractivity contribution in [1.82, 2.24) is 0 Å². The fourth-order valence-corrected chi connectivity index (χ4v) is 6.97. The molecule has 0 nitrogen and oxygen atoms in total. The molecule has 0 atom stereocenters. The van der Waals surface area contributed by atoms with E-state index in [-0.39, 0.29) is 0 Å². The van der Waals surface area contributed by atoms with Crippen molar-refractivity contribution in [3.05, 3.63) is 146 Å². The monoisotopic (exact) mass is 504 g/mol. The van der Waals surface area contributed by atoms with Crippen molar-refractivity contribution >= 4 is 64.6 Å². The van der Waals surface area contributed by atoms with Gasteiger partial charge in [-0.15, -0.1) is 0 Å². The highest BCUT2D eigenvalue weighted by Gasteiger charge is 2.16. The standard InChI is InChI=1S/C40H24/c1-2-9-25(10-3-1)36-23-31(24-37-34-15-5-4-13-32(34)33-14-6-7-16-35(33)40(36)37)30-21-28-19-17-26-11-8-12-27-18-20-29(22-30)39(28)38(26)27/h1-24H. The third kappa shape index (κ3) is 3.02. The molecule has 0 fully saturated rings. The minimum Gasteiger partial charge on any atom is -0.0622 e. The first-order chi connectivity index (χ1) is 19.8. The summed E-state index contributed by atoms with van der Waals surface area (Å²) < 4.78 is 0. The fraction of sp³-hybridized carbons (Fsp3) is 0. The van der Waals surface area contributed by atoms with E-state index in [0.29, 0.717) is 0 Å². The molecule has 184 valence electrons. The second-order valence-electron chi connectivity index (χ2n) is 10.9. The van der Waals surface area contributed by atoms with Gasteiger partial charge in [-0.25, -0.2) is 0 Å². The van der Waals surface area contributed by atoms with Gasteiger partial charge < -0.3 is 0 Å². The Hall–Kier alpha value is -5.20. The molecule has 0 aliphatic rings. The first kappa shape index (κ1) is 21.7. The largest absolute Gasteiger partial charge is 0.0622 e. The normalized spacial score (nSPS) is 12.0. The van der Waals surface area contributed by atoms with Gasteiger partial charge in [0.25, 0.3) is 0 Å². The molecule has 0 amide bonds. The Morgan fingerprint density at radius 2 is 0.750 bits per heavy atom. The van der Waals surface area contributed by atoms with Gasteiger partial charge in [0.05, 0.1) is 0 Å². The molecule has 9 rings (SSSR count). The molecule has 40 heavy (non-hydrogen) atoms. The lowest BCUT2D eigenvalue weighted by atomic mass is 9.86. The molecular formula is C40H24. The van der Waals surface area contributed by atoms with E-state index >= 15 is 0 Å². The Bertz CT molecular complexity index is 2350. The zero-order valence-electron chi connectivity index (χ0n) is 21.9. The summed E-state index contributed by atoms with van der Waals surface area (Å²) in [7, 11) is 0. The highest BCUT2D eigenvalue weighted by molar-refractivity contribution is 6.29. The maximum absolute atomic E-state index is 2.42. The molecule has 9 aromatic carbocycles. The lowest BCUT2D eigenvalue weighted by Gasteiger charge is -2.18. The van der Waals surface area contributed by atoms with Crippen molar-refractivity contribution in [2.24, 2.45) is 0 Å². The van der Waals surface area contributed by atoms with Gasteiger partial charge in [-0.1, -0.05) is 121 Å². The maximum Gasteiger partial charge on any atom is -0.00199 e. The van der Waals surface area contributed by atoms with Crippen molar-refractivity contribution < 1.29 is 0 Å². The minimum atomic E-state index is 1.24. The van der Waals surface area contributed by atoms with Crippen LogP contribution in [0.4, 0.5) is 0 Å². The van der Waals surface area contributed by atoms with Gasteiger partial charge >= 0.3 is 0 Å². The lowest BCUT2D eigenvalue weighted by molar-refractivity contribution is 1.65. The number of fused-ring (bicyclic) bond motifs is 6. The average molecular weight is 505 g/mol. The molecule has 9 aromatic rings. The van der Waals surface area contributed by atoms with E-state index in [9.17, 15) is 0 Å². The molecular weight excluding hydrogens is 480 g/mol. The summed E-state index contributed by atoms with van der Waals surface area (Å²) in [5, 5.41) is 15.8. The second-order valence-corrected chi connectivity index (χ2v) is 10.9. The predicted octanol–water partition coefficient (Wildman–Crippen LogP) is 11.4. The summed E-state index contributed by atoms with van der Waals surface area (Å²) >= 11 is 0. The minimum absolute atomic E-state index is 1.24. The number of hydrogen-bond acceptors (Lipinski definition) is 0.